The summed E-state index contributed by atoms with van der Waals surface area (Å²) in [5, 5.41) is 10.7. The number of hydrogen-bond acceptors (Lipinski definition) is 9. The van der Waals surface area contributed by atoms with E-state index in [2.05, 4.69) is 20.9 Å². The molecule has 3 aromatic heterocycles. The molecule has 0 aliphatic carbocycles. The number of aromatic nitrogens is 4. The zero-order valence-electron chi connectivity index (χ0n) is 16.5. The third kappa shape index (κ3) is 2.83. The van der Waals surface area contributed by atoms with Crippen LogP contribution in [0.25, 0.3) is 11.2 Å². The van der Waals surface area contributed by atoms with Gasteiger partial charge in [-0.15, -0.1) is 6.42 Å². The molecule has 4 rings (SSSR count). The fourth-order valence-electron chi connectivity index (χ4n) is 3.07. The molecule has 1 aliphatic rings. The first-order valence-corrected chi connectivity index (χ1v) is 8.17. The van der Waals surface area contributed by atoms with Crippen molar-refractivity contribution < 1.29 is 25.8 Å². The van der Waals surface area contributed by atoms with Gasteiger partial charge in [0.2, 0.25) is 0 Å². The van der Waals surface area contributed by atoms with E-state index in [0.29, 0.717) is 0 Å². The van der Waals surface area contributed by atoms with Crippen LogP contribution in [-0.2, 0) is 11.2 Å². The molecule has 3 atom stereocenters. The number of imidazole rings is 1. The molecule has 4 heterocycles. The standard InChI is InChI=1S/C17H16FN5O5/c1-3-17(5-4-9-8(2)26-16(25)27-9)10(24)6-11(28-17)23-7-20-12-13(19)21-15(18)22-14(12)23/h1,7,10-11,24H,4-6H2,2H3,(H2,19,21,22)/t10-,11+,17-/m0/s1/i6D2. The van der Waals surface area contributed by atoms with Gasteiger partial charge < -0.3 is 24.4 Å². The molecule has 1 fully saturated rings. The highest BCUT2D eigenvalue weighted by Crippen LogP contribution is 2.40. The normalized spacial score (nSPS) is 27.5. The molecule has 3 N–H and O–H groups in total. The van der Waals surface area contributed by atoms with Crippen LogP contribution in [0.4, 0.5) is 10.2 Å². The SMILES string of the molecule is [2H]C1([2H])[C@H](n2cnc3c(N)nc(F)nc32)O[C@@](C#C)(CCc2oc(=O)oc2C)[C@H]1O. The van der Waals surface area contributed by atoms with Crippen molar-refractivity contribution in [3.05, 3.63) is 34.5 Å². The second-order valence-electron chi connectivity index (χ2n) is 6.21. The maximum atomic E-state index is 13.7. The Bertz CT molecular complexity index is 1230. The number of fused-ring (bicyclic) bond motifs is 1. The molecule has 10 nitrogen and oxygen atoms in total. The molecule has 3 aromatic rings. The van der Waals surface area contributed by atoms with Gasteiger partial charge >= 0.3 is 11.9 Å². The molecule has 0 spiro atoms. The molecule has 0 aromatic carbocycles. The van der Waals surface area contributed by atoms with Crippen LogP contribution in [-0.4, -0.2) is 36.3 Å². The summed E-state index contributed by atoms with van der Waals surface area (Å²) in [6.45, 7) is 1.52. The average Bonchev–Trinajstić information content (AvgIpc) is 3.29. The molecule has 0 unspecified atom stereocenters. The Morgan fingerprint density at radius 2 is 2.36 bits per heavy atom. The Balaban J connectivity index is 1.72. The van der Waals surface area contributed by atoms with Crippen molar-refractivity contribution in [3.8, 4) is 12.3 Å². The second-order valence-corrected chi connectivity index (χ2v) is 6.21. The summed E-state index contributed by atoms with van der Waals surface area (Å²) in [5.41, 5.74) is 3.78. The fourth-order valence-corrected chi connectivity index (χ4v) is 3.07. The lowest BCUT2D eigenvalue weighted by Gasteiger charge is -2.26. The molecule has 0 amide bonds. The topological polar surface area (TPSA) is 142 Å². The van der Waals surface area contributed by atoms with E-state index in [1.807, 2.05) is 0 Å². The van der Waals surface area contributed by atoms with E-state index >= 15 is 0 Å². The maximum absolute atomic E-state index is 13.7. The highest BCUT2D eigenvalue weighted by molar-refractivity contribution is 5.81. The number of aryl methyl sites for hydroxylation is 2. The monoisotopic (exact) mass is 391 g/mol. The van der Waals surface area contributed by atoms with Gasteiger partial charge in [0.15, 0.2) is 22.6 Å². The van der Waals surface area contributed by atoms with E-state index in [4.69, 9.17) is 28.5 Å². The summed E-state index contributed by atoms with van der Waals surface area (Å²) in [6, 6.07) is 0. The predicted octanol–water partition coefficient (Wildman–Crippen LogP) is 0.687. The van der Waals surface area contributed by atoms with E-state index in [0.717, 1.165) is 10.9 Å². The quantitative estimate of drug-likeness (QED) is 0.485. The van der Waals surface area contributed by atoms with Crippen LogP contribution in [0, 0.1) is 25.3 Å². The van der Waals surface area contributed by atoms with Gasteiger partial charge in [0.1, 0.15) is 17.7 Å². The van der Waals surface area contributed by atoms with Crippen molar-refractivity contribution in [1.82, 2.24) is 19.5 Å². The minimum absolute atomic E-state index is 0.0378. The van der Waals surface area contributed by atoms with Crippen LogP contribution >= 0.6 is 0 Å². The summed E-state index contributed by atoms with van der Waals surface area (Å²) in [6.07, 6.45) is -0.114. The van der Waals surface area contributed by atoms with Crippen LogP contribution in [0.15, 0.2) is 20.0 Å². The number of nitrogens with zero attached hydrogens (tertiary/aromatic N) is 4. The summed E-state index contributed by atoms with van der Waals surface area (Å²) >= 11 is 0. The smallest absolute Gasteiger partial charge is 0.396 e. The van der Waals surface area contributed by atoms with Gasteiger partial charge in [0.05, 0.1) is 12.4 Å². The lowest BCUT2D eigenvalue weighted by molar-refractivity contribution is -0.0678. The van der Waals surface area contributed by atoms with Gasteiger partial charge in [-0.25, -0.2) is 9.78 Å². The van der Waals surface area contributed by atoms with Crippen molar-refractivity contribution in [2.45, 2.75) is 44.1 Å². The molecule has 28 heavy (non-hydrogen) atoms. The number of ether oxygens (including phenoxy) is 1. The molecular weight excluding hydrogens is 373 g/mol. The van der Waals surface area contributed by atoms with Gasteiger partial charge in [-0.1, -0.05) is 5.92 Å². The molecule has 0 bridgehead atoms. The largest absolute Gasteiger partial charge is 0.519 e. The van der Waals surface area contributed by atoms with Gasteiger partial charge in [-0.3, -0.25) is 4.57 Å². The van der Waals surface area contributed by atoms with E-state index in [-0.39, 0.29) is 41.3 Å². The molecule has 1 saturated heterocycles. The minimum Gasteiger partial charge on any atom is -0.396 e. The van der Waals surface area contributed by atoms with E-state index in [1.165, 1.54) is 6.92 Å². The van der Waals surface area contributed by atoms with E-state index in [1.54, 1.807) is 0 Å². The molecule has 11 heteroatoms. The van der Waals surface area contributed by atoms with Crippen molar-refractivity contribution in [2.24, 2.45) is 0 Å². The van der Waals surface area contributed by atoms with Gasteiger partial charge in [0, 0.05) is 15.5 Å². The first-order valence-electron chi connectivity index (χ1n) is 9.17. The number of halogens is 1. The minimum atomic E-state index is -2.41. The molecule has 0 radical (unpaired) electrons. The number of rotatable bonds is 4. The lowest BCUT2D eigenvalue weighted by Crippen LogP contribution is -2.38. The number of nitrogens with two attached hydrogens (primary N) is 1. The highest BCUT2D eigenvalue weighted by Gasteiger charge is 2.48. The Morgan fingerprint density at radius 3 is 3.04 bits per heavy atom. The Hall–Kier alpha value is -3.23. The fraction of sp³-hybridized carbons (Fsp3) is 0.412. The third-order valence-electron chi connectivity index (χ3n) is 4.54. The van der Waals surface area contributed by atoms with Gasteiger partial charge in [0.25, 0.3) is 0 Å². The number of aliphatic hydroxyl groups excluding tert-OH is 1. The van der Waals surface area contributed by atoms with Crippen LogP contribution in [0.5, 0.6) is 0 Å². The number of nitrogen functional groups attached to an aromatic ring is 1. The maximum Gasteiger partial charge on any atom is 0.519 e. The number of terminal acetylenes is 1. The van der Waals surface area contributed by atoms with Crippen LogP contribution < -0.4 is 11.6 Å². The van der Waals surface area contributed by atoms with E-state index in [9.17, 15) is 14.3 Å². The number of aliphatic hydroxyl groups is 1. The predicted molar refractivity (Wildman–Crippen MR) is 92.3 cm³/mol. The van der Waals surface area contributed by atoms with E-state index < -0.39 is 36.2 Å². The first kappa shape index (κ1) is 15.8. The molecule has 146 valence electrons. The van der Waals surface area contributed by atoms with Crippen molar-refractivity contribution in [3.63, 3.8) is 0 Å². The zero-order valence-corrected chi connectivity index (χ0v) is 14.5. The molecular formula is C17H16FN5O5. The molecule has 1 aliphatic heterocycles. The van der Waals surface area contributed by atoms with Crippen molar-refractivity contribution in [1.29, 1.82) is 0 Å². The first-order chi connectivity index (χ1) is 14.1. The van der Waals surface area contributed by atoms with Crippen LogP contribution in [0.1, 0.15) is 33.3 Å². The lowest BCUT2D eigenvalue weighted by atomic mass is 9.91. The number of anilines is 1. The Labute approximate surface area is 160 Å². The molecule has 0 saturated carbocycles. The second kappa shape index (κ2) is 6.43. The Morgan fingerprint density at radius 1 is 1.57 bits per heavy atom. The van der Waals surface area contributed by atoms with Gasteiger partial charge in [-0.2, -0.15) is 14.4 Å². The highest BCUT2D eigenvalue weighted by atomic mass is 19.1. The van der Waals surface area contributed by atoms with Crippen LogP contribution in [0.3, 0.4) is 0 Å². The summed E-state index contributed by atoms with van der Waals surface area (Å²) < 4.78 is 47.1. The number of hydrogen-bond donors (Lipinski definition) is 2. The summed E-state index contributed by atoms with van der Waals surface area (Å²) in [4.78, 5) is 22.2. The van der Waals surface area contributed by atoms with Crippen molar-refractivity contribution >= 4 is 17.0 Å². The summed E-state index contributed by atoms with van der Waals surface area (Å²) in [7, 11) is 0. The van der Waals surface area contributed by atoms with Crippen LogP contribution in [0.2, 0.25) is 0 Å². The van der Waals surface area contributed by atoms with Crippen molar-refractivity contribution in [2.75, 3.05) is 5.73 Å². The summed E-state index contributed by atoms with van der Waals surface area (Å²) in [5.74, 6) is 1.63. The Kier molecular flexibility index (Phi) is 3.63. The average molecular weight is 391 g/mol. The third-order valence-corrected chi connectivity index (χ3v) is 4.54. The zero-order chi connectivity index (χ0) is 21.8. The van der Waals surface area contributed by atoms with Gasteiger partial charge in [-0.05, 0) is 13.3 Å².